The van der Waals surface area contributed by atoms with Crippen LogP contribution >= 0.6 is 0 Å². The maximum atomic E-state index is 13.0. The van der Waals surface area contributed by atoms with Gasteiger partial charge in [0.2, 0.25) is 0 Å². The van der Waals surface area contributed by atoms with Crippen molar-refractivity contribution in [1.29, 1.82) is 0 Å². The maximum absolute atomic E-state index is 13.0. The van der Waals surface area contributed by atoms with Gasteiger partial charge in [0.1, 0.15) is 5.82 Å². The summed E-state index contributed by atoms with van der Waals surface area (Å²) in [4.78, 5) is 2.53. The first-order chi connectivity index (χ1) is 9.00. The van der Waals surface area contributed by atoms with Gasteiger partial charge >= 0.3 is 0 Å². The fourth-order valence-corrected chi connectivity index (χ4v) is 2.84. The molecule has 1 N–H and O–H groups in total. The maximum Gasteiger partial charge on any atom is 0.123 e. The van der Waals surface area contributed by atoms with Gasteiger partial charge in [-0.05, 0) is 38.0 Å². The van der Waals surface area contributed by atoms with E-state index in [1.54, 1.807) is 12.1 Å². The Morgan fingerprint density at radius 2 is 2.00 bits per heavy atom. The summed E-state index contributed by atoms with van der Waals surface area (Å²) in [5.41, 5.74) is 1.35. The van der Waals surface area contributed by atoms with E-state index < -0.39 is 0 Å². The topological polar surface area (TPSA) is 15.3 Å². The van der Waals surface area contributed by atoms with Gasteiger partial charge in [-0.3, -0.25) is 4.90 Å². The van der Waals surface area contributed by atoms with Crippen LogP contribution in [0.1, 0.15) is 39.2 Å². The minimum absolute atomic E-state index is 0.157. The number of rotatable bonds is 4. The van der Waals surface area contributed by atoms with Gasteiger partial charge in [-0.15, -0.1) is 0 Å². The highest BCUT2D eigenvalue weighted by Gasteiger charge is 2.31. The zero-order chi connectivity index (χ0) is 13.9. The summed E-state index contributed by atoms with van der Waals surface area (Å²) in [6.45, 7) is 9.71. The molecule has 106 valence electrons. The van der Waals surface area contributed by atoms with Crippen molar-refractivity contribution in [2.75, 3.05) is 13.1 Å². The molecule has 1 unspecified atom stereocenters. The number of hydrogen-bond donors (Lipinski definition) is 1. The van der Waals surface area contributed by atoms with Crippen molar-refractivity contribution in [3.8, 4) is 0 Å². The molecule has 1 aromatic carbocycles. The molecule has 1 fully saturated rings. The molecule has 0 spiro atoms. The van der Waals surface area contributed by atoms with E-state index in [0.717, 1.165) is 19.6 Å². The molecule has 2 rings (SSSR count). The van der Waals surface area contributed by atoms with E-state index in [1.807, 2.05) is 12.1 Å². The zero-order valence-corrected chi connectivity index (χ0v) is 12.2. The van der Waals surface area contributed by atoms with Gasteiger partial charge in [0, 0.05) is 31.2 Å². The summed E-state index contributed by atoms with van der Waals surface area (Å²) >= 11 is 0. The summed E-state index contributed by atoms with van der Waals surface area (Å²) < 4.78 is 13.0. The molecule has 0 saturated carbocycles. The summed E-state index contributed by atoms with van der Waals surface area (Å²) in [6.07, 6.45) is 2.41. The number of benzene rings is 1. The van der Waals surface area contributed by atoms with Crippen LogP contribution in [0.5, 0.6) is 0 Å². The smallest absolute Gasteiger partial charge is 0.123 e. The van der Waals surface area contributed by atoms with Gasteiger partial charge in [-0.25, -0.2) is 4.39 Å². The van der Waals surface area contributed by atoms with Crippen molar-refractivity contribution in [2.45, 2.75) is 51.7 Å². The quantitative estimate of drug-likeness (QED) is 0.898. The number of halogens is 1. The Labute approximate surface area is 116 Å². The number of hydrogen-bond acceptors (Lipinski definition) is 2. The van der Waals surface area contributed by atoms with Crippen molar-refractivity contribution in [1.82, 2.24) is 10.2 Å². The molecule has 2 nitrogen and oxygen atoms in total. The molecule has 1 atom stereocenters. The van der Waals surface area contributed by atoms with Crippen LogP contribution in [0.2, 0.25) is 0 Å². The normalized spacial score (nSPS) is 23.5. The van der Waals surface area contributed by atoms with Crippen LogP contribution in [0.4, 0.5) is 4.39 Å². The number of piperazine rings is 1. The van der Waals surface area contributed by atoms with E-state index in [1.165, 1.54) is 18.4 Å². The SMILES string of the molecule is CCCC1CNC(C)(C)CN1Cc1ccc(F)cc1. The second kappa shape index (κ2) is 6.02. The molecule has 1 aliphatic rings. The van der Waals surface area contributed by atoms with Gasteiger partial charge in [-0.1, -0.05) is 25.5 Å². The Morgan fingerprint density at radius 1 is 1.32 bits per heavy atom. The highest BCUT2D eigenvalue weighted by molar-refractivity contribution is 5.16. The van der Waals surface area contributed by atoms with Crippen molar-refractivity contribution >= 4 is 0 Å². The summed E-state index contributed by atoms with van der Waals surface area (Å²) in [5, 5.41) is 3.62. The molecule has 0 aliphatic carbocycles. The van der Waals surface area contributed by atoms with E-state index in [0.29, 0.717) is 6.04 Å². The molecule has 0 bridgehead atoms. The Hall–Kier alpha value is -0.930. The van der Waals surface area contributed by atoms with Crippen molar-refractivity contribution < 1.29 is 4.39 Å². The Bertz CT molecular complexity index is 400. The van der Waals surface area contributed by atoms with Gasteiger partial charge in [0.25, 0.3) is 0 Å². The van der Waals surface area contributed by atoms with E-state index >= 15 is 0 Å². The van der Waals surface area contributed by atoms with E-state index in [2.05, 4.69) is 31.0 Å². The lowest BCUT2D eigenvalue weighted by molar-refractivity contribution is 0.0826. The molecule has 3 heteroatoms. The molecule has 0 amide bonds. The Morgan fingerprint density at radius 3 is 2.63 bits per heavy atom. The molecule has 19 heavy (non-hydrogen) atoms. The molecule has 1 heterocycles. The van der Waals surface area contributed by atoms with Crippen molar-refractivity contribution in [3.05, 3.63) is 35.6 Å². The van der Waals surface area contributed by atoms with Crippen LogP contribution in [-0.2, 0) is 6.54 Å². The molecule has 0 radical (unpaired) electrons. The largest absolute Gasteiger partial charge is 0.309 e. The third kappa shape index (κ3) is 4.02. The van der Waals surface area contributed by atoms with Crippen LogP contribution in [0.25, 0.3) is 0 Å². The standard InChI is InChI=1S/C16H25FN2/c1-4-5-15-10-18-16(2,3)12-19(15)11-13-6-8-14(17)9-7-13/h6-9,15,18H,4-5,10-12H2,1-3H3. The van der Waals surface area contributed by atoms with E-state index in [4.69, 9.17) is 0 Å². The monoisotopic (exact) mass is 264 g/mol. The summed E-state index contributed by atoms with van der Waals surface area (Å²) in [5.74, 6) is -0.158. The highest BCUT2D eigenvalue weighted by atomic mass is 19.1. The van der Waals surface area contributed by atoms with E-state index in [-0.39, 0.29) is 11.4 Å². The van der Waals surface area contributed by atoms with Gasteiger partial charge in [-0.2, -0.15) is 0 Å². The van der Waals surface area contributed by atoms with Crippen LogP contribution in [0.3, 0.4) is 0 Å². The average Bonchev–Trinajstić information content (AvgIpc) is 2.35. The minimum atomic E-state index is -0.158. The van der Waals surface area contributed by atoms with Gasteiger partial charge in [0.15, 0.2) is 0 Å². The molecule has 1 aromatic rings. The van der Waals surface area contributed by atoms with Gasteiger partial charge in [0.05, 0.1) is 0 Å². The summed E-state index contributed by atoms with van der Waals surface area (Å²) in [7, 11) is 0. The Kier molecular flexibility index (Phi) is 4.58. The molecule has 1 saturated heterocycles. The van der Waals surface area contributed by atoms with Gasteiger partial charge < -0.3 is 5.32 Å². The second-order valence-corrected chi connectivity index (χ2v) is 6.24. The lowest BCUT2D eigenvalue weighted by atomic mass is 9.96. The predicted octanol–water partition coefficient (Wildman–Crippen LogP) is 3.18. The number of nitrogens with one attached hydrogen (secondary N) is 1. The first-order valence-electron chi connectivity index (χ1n) is 7.24. The second-order valence-electron chi connectivity index (χ2n) is 6.24. The minimum Gasteiger partial charge on any atom is -0.309 e. The molecule has 0 aromatic heterocycles. The highest BCUT2D eigenvalue weighted by Crippen LogP contribution is 2.20. The van der Waals surface area contributed by atoms with E-state index in [9.17, 15) is 4.39 Å². The molecular weight excluding hydrogens is 239 g/mol. The average molecular weight is 264 g/mol. The van der Waals surface area contributed by atoms with Crippen LogP contribution in [0, 0.1) is 5.82 Å². The number of nitrogens with zero attached hydrogens (tertiary/aromatic N) is 1. The third-order valence-electron chi connectivity index (χ3n) is 3.85. The first-order valence-corrected chi connectivity index (χ1v) is 7.24. The zero-order valence-electron chi connectivity index (χ0n) is 12.2. The predicted molar refractivity (Wildman–Crippen MR) is 77.6 cm³/mol. The lowest BCUT2D eigenvalue weighted by Crippen LogP contribution is -2.61. The van der Waals surface area contributed by atoms with Crippen LogP contribution < -0.4 is 5.32 Å². The van der Waals surface area contributed by atoms with Crippen molar-refractivity contribution in [3.63, 3.8) is 0 Å². The van der Waals surface area contributed by atoms with Crippen LogP contribution in [-0.4, -0.2) is 29.6 Å². The fourth-order valence-electron chi connectivity index (χ4n) is 2.84. The molecule has 1 aliphatic heterocycles. The van der Waals surface area contributed by atoms with Crippen LogP contribution in [0.15, 0.2) is 24.3 Å². The molecular formula is C16H25FN2. The fraction of sp³-hybridized carbons (Fsp3) is 0.625. The lowest BCUT2D eigenvalue weighted by Gasteiger charge is -2.44. The van der Waals surface area contributed by atoms with Crippen molar-refractivity contribution in [2.24, 2.45) is 0 Å². The Balaban J connectivity index is 2.06. The summed E-state index contributed by atoms with van der Waals surface area (Å²) in [6, 6.07) is 7.48. The first kappa shape index (κ1) is 14.5. The third-order valence-corrected chi connectivity index (χ3v) is 3.85.